The van der Waals surface area contributed by atoms with Crippen molar-refractivity contribution in [1.82, 2.24) is 24.1 Å². The highest BCUT2D eigenvalue weighted by atomic mass is 79.9. The Morgan fingerprint density at radius 2 is 1.74 bits per heavy atom. The largest absolute Gasteiger partial charge is 0.303 e. The third-order valence-corrected chi connectivity index (χ3v) is 6.97. The number of piperazine rings is 1. The molecular formula is C19H22BrN5S2. The van der Waals surface area contributed by atoms with Gasteiger partial charge in [0.25, 0.3) is 0 Å². The first-order valence-corrected chi connectivity index (χ1v) is 11.0. The van der Waals surface area contributed by atoms with E-state index in [2.05, 4.69) is 50.0 Å². The Morgan fingerprint density at radius 3 is 2.41 bits per heavy atom. The summed E-state index contributed by atoms with van der Waals surface area (Å²) in [6.45, 7) is 5.99. The monoisotopic (exact) mass is 463 g/mol. The van der Waals surface area contributed by atoms with Gasteiger partial charge in [-0.05, 0) is 40.3 Å². The van der Waals surface area contributed by atoms with Gasteiger partial charge in [0.05, 0.1) is 10.5 Å². The van der Waals surface area contributed by atoms with Crippen molar-refractivity contribution in [2.75, 3.05) is 26.2 Å². The molecule has 5 nitrogen and oxygen atoms in total. The van der Waals surface area contributed by atoms with Gasteiger partial charge in [-0.3, -0.25) is 9.80 Å². The van der Waals surface area contributed by atoms with Gasteiger partial charge >= 0.3 is 0 Å². The fraction of sp³-hybridized carbons (Fsp3) is 0.368. The summed E-state index contributed by atoms with van der Waals surface area (Å²) in [5.41, 5.74) is 1.09. The maximum absolute atomic E-state index is 5.62. The van der Waals surface area contributed by atoms with Crippen LogP contribution in [0, 0.1) is 4.77 Å². The summed E-state index contributed by atoms with van der Waals surface area (Å²) >= 11 is 11.0. The van der Waals surface area contributed by atoms with Gasteiger partial charge in [0.1, 0.15) is 0 Å². The van der Waals surface area contributed by atoms with E-state index in [-0.39, 0.29) is 0 Å². The highest BCUT2D eigenvalue weighted by Crippen LogP contribution is 2.23. The van der Waals surface area contributed by atoms with Crippen LogP contribution in [0.2, 0.25) is 0 Å². The molecule has 8 heteroatoms. The van der Waals surface area contributed by atoms with E-state index in [1.165, 1.54) is 8.66 Å². The number of hydrogen-bond acceptors (Lipinski definition) is 5. The molecular weight excluding hydrogens is 442 g/mol. The van der Waals surface area contributed by atoms with E-state index in [0.717, 1.165) is 55.6 Å². The van der Waals surface area contributed by atoms with Crippen molar-refractivity contribution in [3.63, 3.8) is 0 Å². The van der Waals surface area contributed by atoms with Crippen molar-refractivity contribution in [3.8, 4) is 11.4 Å². The lowest BCUT2D eigenvalue weighted by molar-refractivity contribution is 0.0987. The number of benzene rings is 1. The molecule has 0 aliphatic carbocycles. The number of thiophene rings is 1. The second-order valence-electron chi connectivity index (χ2n) is 6.77. The minimum absolute atomic E-state index is 0.748. The van der Waals surface area contributed by atoms with Gasteiger partial charge < -0.3 is 4.57 Å². The zero-order valence-corrected chi connectivity index (χ0v) is 18.4. The maximum Gasteiger partial charge on any atom is 0.199 e. The lowest BCUT2D eigenvalue weighted by atomic mass is 10.2. The Morgan fingerprint density at radius 1 is 1.04 bits per heavy atom. The lowest BCUT2D eigenvalue weighted by Crippen LogP contribution is -2.46. The van der Waals surface area contributed by atoms with Gasteiger partial charge in [-0.1, -0.05) is 30.3 Å². The molecule has 0 bridgehead atoms. The Bertz CT molecular complexity index is 954. The van der Waals surface area contributed by atoms with Crippen molar-refractivity contribution >= 4 is 39.5 Å². The van der Waals surface area contributed by atoms with E-state index in [0.29, 0.717) is 0 Å². The average Bonchev–Trinajstić information content (AvgIpc) is 3.22. The SMILES string of the molecule is Cn1c(-c2ccccc2)nn(CN2CCN(Cc3ccc(Br)s3)CC2)c1=S. The fourth-order valence-electron chi connectivity index (χ4n) is 3.35. The van der Waals surface area contributed by atoms with Crippen LogP contribution >= 0.6 is 39.5 Å². The topological polar surface area (TPSA) is 29.2 Å². The second kappa shape index (κ2) is 8.36. The molecule has 0 saturated carbocycles. The number of aromatic nitrogens is 3. The summed E-state index contributed by atoms with van der Waals surface area (Å²) < 4.78 is 5.91. The van der Waals surface area contributed by atoms with Crippen molar-refractivity contribution in [2.45, 2.75) is 13.2 Å². The van der Waals surface area contributed by atoms with Crippen molar-refractivity contribution in [3.05, 3.63) is 55.9 Å². The third kappa shape index (κ3) is 4.41. The number of rotatable bonds is 5. The number of hydrogen-bond donors (Lipinski definition) is 0. The molecule has 0 radical (unpaired) electrons. The Labute approximate surface area is 177 Å². The highest BCUT2D eigenvalue weighted by Gasteiger charge is 2.19. The van der Waals surface area contributed by atoms with Crippen LogP contribution in [0.3, 0.4) is 0 Å². The molecule has 1 aliphatic rings. The van der Waals surface area contributed by atoms with E-state index in [1.807, 2.05) is 45.8 Å². The van der Waals surface area contributed by atoms with E-state index >= 15 is 0 Å². The third-order valence-electron chi connectivity index (χ3n) is 4.88. The molecule has 1 saturated heterocycles. The van der Waals surface area contributed by atoms with Crippen LogP contribution in [0.25, 0.3) is 11.4 Å². The van der Waals surface area contributed by atoms with Crippen LogP contribution in [0.5, 0.6) is 0 Å². The normalized spacial score (nSPS) is 16.1. The van der Waals surface area contributed by atoms with E-state index in [9.17, 15) is 0 Å². The summed E-state index contributed by atoms with van der Waals surface area (Å²) in [6.07, 6.45) is 0. The summed E-state index contributed by atoms with van der Waals surface area (Å²) in [5.74, 6) is 0.919. The standard InChI is InChI=1S/C19H22BrN5S2/c1-22-18(15-5-3-2-4-6-15)21-25(19(22)26)14-24-11-9-23(10-12-24)13-16-7-8-17(20)27-16/h2-8H,9-14H2,1H3. The zero-order chi connectivity index (χ0) is 18.8. The predicted octanol–water partition coefficient (Wildman–Crippen LogP) is 4.22. The maximum atomic E-state index is 5.62. The minimum Gasteiger partial charge on any atom is -0.303 e. The first-order valence-electron chi connectivity index (χ1n) is 8.98. The molecule has 1 fully saturated rings. The number of nitrogens with zero attached hydrogens (tertiary/aromatic N) is 5. The highest BCUT2D eigenvalue weighted by molar-refractivity contribution is 9.11. The molecule has 142 valence electrons. The second-order valence-corrected chi connectivity index (χ2v) is 9.68. The average molecular weight is 464 g/mol. The summed E-state index contributed by atoms with van der Waals surface area (Å²) in [7, 11) is 1.99. The summed E-state index contributed by atoms with van der Waals surface area (Å²) in [4.78, 5) is 6.36. The van der Waals surface area contributed by atoms with Crippen molar-refractivity contribution in [1.29, 1.82) is 0 Å². The van der Waals surface area contributed by atoms with Crippen molar-refractivity contribution < 1.29 is 0 Å². The Hall–Kier alpha value is -1.32. The molecule has 0 unspecified atom stereocenters. The molecule has 3 aromatic rings. The van der Waals surface area contributed by atoms with Crippen LogP contribution in [0.1, 0.15) is 4.88 Å². The van der Waals surface area contributed by atoms with Gasteiger partial charge in [0.2, 0.25) is 0 Å². The molecule has 0 N–H and O–H groups in total. The zero-order valence-electron chi connectivity index (χ0n) is 15.2. The van der Waals surface area contributed by atoms with Crippen LogP contribution < -0.4 is 0 Å². The predicted molar refractivity (Wildman–Crippen MR) is 116 cm³/mol. The van der Waals surface area contributed by atoms with Gasteiger partial charge in [-0.2, -0.15) is 5.10 Å². The van der Waals surface area contributed by atoms with Gasteiger partial charge in [0, 0.05) is 50.2 Å². The molecule has 0 amide bonds. The first kappa shape index (κ1) is 19.0. The molecule has 0 atom stereocenters. The smallest absolute Gasteiger partial charge is 0.199 e. The molecule has 4 rings (SSSR count). The van der Waals surface area contributed by atoms with Crippen LogP contribution in [-0.2, 0) is 20.3 Å². The fourth-order valence-corrected chi connectivity index (χ4v) is 5.06. The molecule has 1 aliphatic heterocycles. The summed E-state index contributed by atoms with van der Waals surface area (Å²) in [6, 6.07) is 14.6. The van der Waals surface area contributed by atoms with Gasteiger partial charge in [-0.25, -0.2) is 4.68 Å². The van der Waals surface area contributed by atoms with Gasteiger partial charge in [-0.15, -0.1) is 11.3 Å². The van der Waals surface area contributed by atoms with Crippen molar-refractivity contribution in [2.24, 2.45) is 7.05 Å². The van der Waals surface area contributed by atoms with Crippen LogP contribution in [0.4, 0.5) is 0 Å². The van der Waals surface area contributed by atoms with E-state index in [1.54, 1.807) is 0 Å². The first-order chi connectivity index (χ1) is 13.1. The van der Waals surface area contributed by atoms with Gasteiger partial charge in [0.15, 0.2) is 10.6 Å². The lowest BCUT2D eigenvalue weighted by Gasteiger charge is -2.34. The molecule has 3 heterocycles. The molecule has 27 heavy (non-hydrogen) atoms. The quantitative estimate of drug-likeness (QED) is 0.529. The van der Waals surface area contributed by atoms with Crippen LogP contribution in [0.15, 0.2) is 46.3 Å². The molecule has 2 aromatic heterocycles. The molecule has 1 aromatic carbocycles. The molecule has 0 spiro atoms. The van der Waals surface area contributed by atoms with Crippen LogP contribution in [-0.4, -0.2) is 50.3 Å². The minimum atomic E-state index is 0.748. The van der Waals surface area contributed by atoms with E-state index < -0.39 is 0 Å². The number of halogens is 1. The Kier molecular flexibility index (Phi) is 5.89. The van der Waals surface area contributed by atoms with E-state index in [4.69, 9.17) is 17.3 Å². The Balaban J connectivity index is 1.39. The summed E-state index contributed by atoms with van der Waals surface area (Å²) in [5, 5.41) is 4.78.